The first-order valence-electron chi connectivity index (χ1n) is 9.15. The molecule has 2 aliphatic rings. The Kier molecular flexibility index (Phi) is 3.49. The van der Waals surface area contributed by atoms with Crippen molar-refractivity contribution in [3.63, 3.8) is 0 Å². The Balaban J connectivity index is 1.61. The second-order valence-electron chi connectivity index (χ2n) is 7.50. The van der Waals surface area contributed by atoms with Crippen LogP contribution in [0.2, 0.25) is 0 Å². The van der Waals surface area contributed by atoms with Gasteiger partial charge in [0.15, 0.2) is 5.82 Å². The van der Waals surface area contributed by atoms with Gasteiger partial charge in [0.05, 0.1) is 35.9 Å². The molecule has 0 N–H and O–H groups in total. The smallest absolute Gasteiger partial charge is 0.171 e. The molecule has 0 amide bonds. The zero-order chi connectivity index (χ0) is 18.7. The van der Waals surface area contributed by atoms with E-state index in [4.69, 9.17) is 5.10 Å². The minimum Gasteiger partial charge on any atom is -0.362 e. The van der Waals surface area contributed by atoms with Crippen molar-refractivity contribution in [2.75, 3.05) is 25.0 Å². The Morgan fingerprint density at radius 1 is 1.30 bits per heavy atom. The molecule has 0 saturated heterocycles. The Labute approximate surface area is 156 Å². The van der Waals surface area contributed by atoms with Gasteiger partial charge in [-0.15, -0.1) is 0 Å². The molecule has 5 rings (SSSR count). The van der Waals surface area contributed by atoms with Gasteiger partial charge in [-0.3, -0.25) is 4.68 Å². The minimum absolute atomic E-state index is 0.186. The van der Waals surface area contributed by atoms with E-state index in [1.165, 1.54) is 22.0 Å². The molecule has 138 valence electrons. The molecule has 3 aromatic rings. The number of hydrogen-bond donors (Lipinski definition) is 0. The van der Waals surface area contributed by atoms with Crippen molar-refractivity contribution in [1.82, 2.24) is 24.3 Å². The van der Waals surface area contributed by atoms with Gasteiger partial charge in [0.25, 0.3) is 0 Å². The largest absolute Gasteiger partial charge is 0.362 e. The molecule has 2 aliphatic heterocycles. The van der Waals surface area contributed by atoms with Crippen LogP contribution in [-0.2, 0) is 19.5 Å². The highest BCUT2D eigenvalue weighted by Gasteiger charge is 2.31. The Hall–Kier alpha value is -2.92. The summed E-state index contributed by atoms with van der Waals surface area (Å²) in [6.07, 6.45) is 2.17. The molecule has 0 aliphatic carbocycles. The Morgan fingerprint density at radius 2 is 2.15 bits per heavy atom. The molecule has 0 spiro atoms. The van der Waals surface area contributed by atoms with Crippen molar-refractivity contribution in [3.05, 3.63) is 46.8 Å². The fourth-order valence-corrected chi connectivity index (χ4v) is 4.36. The number of anilines is 1. The Bertz CT molecular complexity index is 1090. The van der Waals surface area contributed by atoms with Gasteiger partial charge in [-0.1, -0.05) is 0 Å². The number of hydrogen-bond acceptors (Lipinski definition) is 5. The van der Waals surface area contributed by atoms with Crippen LogP contribution in [0.1, 0.15) is 35.6 Å². The van der Waals surface area contributed by atoms with Crippen molar-refractivity contribution < 1.29 is 4.39 Å². The van der Waals surface area contributed by atoms with Crippen molar-refractivity contribution in [1.29, 1.82) is 5.26 Å². The standard InChI is InChI=1S/C19H20FN7/c1-12-9-25(11-18-14-5-6-24(2)10-16(14)23-26(12)18)17-4-3-13(7-21)27-19(17)15(20)8-22-27/h3-4,8,12H,5-6,9-11H2,1-2H3/t12-/m1/s1. The summed E-state index contributed by atoms with van der Waals surface area (Å²) in [5.74, 6) is -0.405. The van der Waals surface area contributed by atoms with Crippen LogP contribution in [0.4, 0.5) is 10.1 Å². The number of nitrogens with zero attached hydrogens (tertiary/aromatic N) is 7. The number of pyridine rings is 1. The zero-order valence-corrected chi connectivity index (χ0v) is 15.4. The van der Waals surface area contributed by atoms with Crippen molar-refractivity contribution >= 4 is 11.2 Å². The van der Waals surface area contributed by atoms with Gasteiger partial charge in [-0.2, -0.15) is 15.5 Å². The summed E-state index contributed by atoms with van der Waals surface area (Å²) in [6.45, 7) is 5.46. The fraction of sp³-hybridized carbons (Fsp3) is 0.421. The van der Waals surface area contributed by atoms with E-state index in [9.17, 15) is 9.65 Å². The number of aromatic nitrogens is 4. The van der Waals surface area contributed by atoms with E-state index in [0.717, 1.165) is 37.4 Å². The van der Waals surface area contributed by atoms with E-state index in [1.807, 2.05) is 6.07 Å². The molecule has 27 heavy (non-hydrogen) atoms. The fourth-order valence-electron chi connectivity index (χ4n) is 4.36. The molecule has 8 heteroatoms. The lowest BCUT2D eigenvalue weighted by molar-refractivity contribution is 0.307. The van der Waals surface area contributed by atoms with E-state index in [1.54, 1.807) is 6.07 Å². The zero-order valence-electron chi connectivity index (χ0n) is 15.4. The first-order valence-corrected chi connectivity index (χ1v) is 9.15. The maximum Gasteiger partial charge on any atom is 0.171 e. The van der Waals surface area contributed by atoms with Crippen molar-refractivity contribution in [2.45, 2.75) is 32.5 Å². The maximum atomic E-state index is 14.5. The van der Waals surface area contributed by atoms with Crippen LogP contribution in [0.5, 0.6) is 0 Å². The third-order valence-electron chi connectivity index (χ3n) is 5.66. The predicted octanol–water partition coefficient (Wildman–Crippen LogP) is 2.11. The van der Waals surface area contributed by atoms with Gasteiger partial charge < -0.3 is 9.80 Å². The molecule has 1 atom stereocenters. The summed E-state index contributed by atoms with van der Waals surface area (Å²) in [5, 5.41) is 18.2. The average Bonchev–Trinajstić information content (AvgIpc) is 3.22. The predicted molar refractivity (Wildman–Crippen MR) is 97.9 cm³/mol. The molecular formula is C19H20FN7. The Morgan fingerprint density at radius 3 is 2.96 bits per heavy atom. The van der Waals surface area contributed by atoms with Crippen LogP contribution in [0.15, 0.2) is 18.3 Å². The SMILES string of the molecule is C[C@@H]1CN(c2ccc(C#N)n3ncc(F)c23)Cc2c3c(nn21)CN(C)CC3. The first kappa shape index (κ1) is 16.3. The van der Waals surface area contributed by atoms with E-state index in [2.05, 4.69) is 39.6 Å². The summed E-state index contributed by atoms with van der Waals surface area (Å²) in [7, 11) is 2.12. The monoisotopic (exact) mass is 365 g/mol. The first-order chi connectivity index (χ1) is 13.1. The lowest BCUT2D eigenvalue weighted by atomic mass is 10.0. The van der Waals surface area contributed by atoms with Crippen LogP contribution >= 0.6 is 0 Å². The molecule has 0 bridgehead atoms. The second kappa shape index (κ2) is 5.79. The molecule has 0 fully saturated rings. The highest BCUT2D eigenvalue weighted by molar-refractivity contribution is 5.75. The third kappa shape index (κ3) is 2.35. The number of nitriles is 1. The highest BCUT2D eigenvalue weighted by atomic mass is 19.1. The molecule has 3 aromatic heterocycles. The normalized spacial score (nSPS) is 19.8. The lowest BCUT2D eigenvalue weighted by Crippen LogP contribution is -2.37. The number of likely N-dealkylation sites (N-methyl/N-ethyl adjacent to an activating group) is 1. The summed E-state index contributed by atoms with van der Waals surface area (Å²) in [6, 6.07) is 5.80. The van der Waals surface area contributed by atoms with Crippen LogP contribution in [0.25, 0.3) is 5.52 Å². The lowest BCUT2D eigenvalue weighted by Gasteiger charge is -2.34. The third-order valence-corrected chi connectivity index (χ3v) is 5.66. The summed E-state index contributed by atoms with van der Waals surface area (Å²) >= 11 is 0. The topological polar surface area (TPSA) is 65.4 Å². The van der Waals surface area contributed by atoms with E-state index in [0.29, 0.717) is 17.8 Å². The molecule has 0 unspecified atom stereocenters. The van der Waals surface area contributed by atoms with Crippen LogP contribution in [-0.4, -0.2) is 44.4 Å². The van der Waals surface area contributed by atoms with Gasteiger partial charge in [0, 0.05) is 25.2 Å². The molecule has 0 aromatic carbocycles. The van der Waals surface area contributed by atoms with Gasteiger partial charge in [-0.05, 0) is 32.5 Å². The van der Waals surface area contributed by atoms with E-state index >= 15 is 0 Å². The maximum absolute atomic E-state index is 14.5. The summed E-state index contributed by atoms with van der Waals surface area (Å²) in [5.41, 5.74) is 5.18. The van der Waals surface area contributed by atoms with E-state index < -0.39 is 5.82 Å². The molecular weight excluding hydrogens is 345 g/mol. The molecule has 5 heterocycles. The number of rotatable bonds is 1. The molecule has 0 radical (unpaired) electrons. The second-order valence-corrected chi connectivity index (χ2v) is 7.50. The van der Waals surface area contributed by atoms with Gasteiger partial charge in [0.1, 0.15) is 17.3 Å². The number of halogens is 1. The highest BCUT2D eigenvalue weighted by Crippen LogP contribution is 2.34. The van der Waals surface area contributed by atoms with Gasteiger partial charge in [0.2, 0.25) is 0 Å². The summed E-state index contributed by atoms with van der Waals surface area (Å²) < 4.78 is 18.0. The molecule has 0 saturated carbocycles. The quantitative estimate of drug-likeness (QED) is 0.661. The van der Waals surface area contributed by atoms with Crippen LogP contribution < -0.4 is 4.90 Å². The average molecular weight is 365 g/mol. The van der Waals surface area contributed by atoms with E-state index in [-0.39, 0.29) is 6.04 Å². The van der Waals surface area contributed by atoms with Crippen molar-refractivity contribution in [3.8, 4) is 6.07 Å². The summed E-state index contributed by atoms with van der Waals surface area (Å²) in [4.78, 5) is 4.47. The van der Waals surface area contributed by atoms with Gasteiger partial charge in [-0.25, -0.2) is 8.91 Å². The molecule has 7 nitrogen and oxygen atoms in total. The van der Waals surface area contributed by atoms with Crippen LogP contribution in [0.3, 0.4) is 0 Å². The number of fused-ring (bicyclic) bond motifs is 4. The van der Waals surface area contributed by atoms with Crippen molar-refractivity contribution in [2.24, 2.45) is 0 Å². The minimum atomic E-state index is -0.405. The van der Waals surface area contributed by atoms with Crippen LogP contribution in [0, 0.1) is 17.1 Å². The van der Waals surface area contributed by atoms with Gasteiger partial charge >= 0.3 is 0 Å².